The van der Waals surface area contributed by atoms with Crippen LogP contribution in [0.15, 0.2) is 54.6 Å². The second-order valence-corrected chi connectivity index (χ2v) is 4.37. The summed E-state index contributed by atoms with van der Waals surface area (Å²) in [5.41, 5.74) is 2.47. The smallest absolute Gasteiger partial charge is 0.336 e. The molecule has 0 aromatic heterocycles. The maximum atomic E-state index is 11.0. The normalized spacial score (nSPS) is 10.3. The van der Waals surface area contributed by atoms with Crippen LogP contribution in [0.2, 0.25) is 0 Å². The molecule has 98 valence electrons. The molecule has 0 saturated carbocycles. The van der Waals surface area contributed by atoms with E-state index in [4.69, 9.17) is 5.11 Å². The van der Waals surface area contributed by atoms with Gasteiger partial charge in [0.1, 0.15) is 0 Å². The number of carboxylic acids is 1. The van der Waals surface area contributed by atoms with Gasteiger partial charge in [-0.15, -0.1) is 0 Å². The minimum Gasteiger partial charge on any atom is -0.478 e. The van der Waals surface area contributed by atoms with Crippen molar-refractivity contribution in [3.05, 3.63) is 71.3 Å². The van der Waals surface area contributed by atoms with Gasteiger partial charge in [-0.3, -0.25) is 0 Å². The molecule has 2 aromatic rings. The van der Waals surface area contributed by atoms with Crippen molar-refractivity contribution in [2.75, 3.05) is 6.54 Å². The molecular weight excluding hydrogens is 238 g/mol. The summed E-state index contributed by atoms with van der Waals surface area (Å²) < 4.78 is 0. The average Bonchev–Trinajstić information content (AvgIpc) is 2.45. The fourth-order valence-corrected chi connectivity index (χ4v) is 1.98. The first-order valence-corrected chi connectivity index (χ1v) is 6.33. The quantitative estimate of drug-likeness (QED) is 0.780. The van der Waals surface area contributed by atoms with Gasteiger partial charge >= 0.3 is 5.97 Å². The number of rotatable bonds is 6. The van der Waals surface area contributed by atoms with Crippen molar-refractivity contribution < 1.29 is 9.90 Å². The standard InChI is InChI=1S/C16H17NO2/c18-16(19)15-9-5-4-8-14(15)12-17-11-10-13-6-2-1-3-7-13/h1-9,17H,10-12H2,(H,18,19). The summed E-state index contributed by atoms with van der Waals surface area (Å²) in [5, 5.41) is 12.4. The van der Waals surface area contributed by atoms with Crippen molar-refractivity contribution in [3.63, 3.8) is 0 Å². The van der Waals surface area contributed by atoms with E-state index in [1.54, 1.807) is 12.1 Å². The summed E-state index contributed by atoms with van der Waals surface area (Å²) >= 11 is 0. The Kier molecular flexibility index (Phi) is 4.70. The molecule has 2 rings (SSSR count). The number of benzene rings is 2. The molecule has 0 spiro atoms. The van der Waals surface area contributed by atoms with E-state index in [0.717, 1.165) is 18.5 Å². The van der Waals surface area contributed by atoms with Gasteiger partial charge in [0.05, 0.1) is 5.56 Å². The van der Waals surface area contributed by atoms with Crippen LogP contribution in [0.4, 0.5) is 0 Å². The van der Waals surface area contributed by atoms with E-state index in [1.807, 2.05) is 30.3 Å². The lowest BCUT2D eigenvalue weighted by Crippen LogP contribution is -2.18. The maximum absolute atomic E-state index is 11.0. The number of carboxylic acid groups (broad SMARTS) is 1. The first kappa shape index (κ1) is 13.3. The third kappa shape index (κ3) is 3.93. The monoisotopic (exact) mass is 255 g/mol. The van der Waals surface area contributed by atoms with E-state index < -0.39 is 5.97 Å². The van der Waals surface area contributed by atoms with Gasteiger partial charge in [0.25, 0.3) is 0 Å². The lowest BCUT2D eigenvalue weighted by molar-refractivity contribution is 0.0695. The molecule has 0 radical (unpaired) electrons. The van der Waals surface area contributed by atoms with E-state index >= 15 is 0 Å². The highest BCUT2D eigenvalue weighted by Gasteiger charge is 2.07. The van der Waals surface area contributed by atoms with E-state index in [-0.39, 0.29) is 0 Å². The molecule has 3 nitrogen and oxygen atoms in total. The molecule has 2 N–H and O–H groups in total. The second-order valence-electron chi connectivity index (χ2n) is 4.37. The Labute approximate surface area is 112 Å². The Bertz CT molecular complexity index is 537. The fraction of sp³-hybridized carbons (Fsp3) is 0.188. The number of carbonyl (C=O) groups is 1. The van der Waals surface area contributed by atoms with Crippen LogP contribution < -0.4 is 5.32 Å². The number of hydrogen-bond donors (Lipinski definition) is 2. The van der Waals surface area contributed by atoms with Gasteiger partial charge in [0, 0.05) is 6.54 Å². The topological polar surface area (TPSA) is 49.3 Å². The average molecular weight is 255 g/mol. The lowest BCUT2D eigenvalue weighted by atomic mass is 10.1. The molecule has 19 heavy (non-hydrogen) atoms. The zero-order chi connectivity index (χ0) is 13.5. The molecule has 2 aromatic carbocycles. The van der Waals surface area contributed by atoms with E-state index in [0.29, 0.717) is 12.1 Å². The van der Waals surface area contributed by atoms with Gasteiger partial charge in [-0.1, -0.05) is 48.5 Å². The minimum absolute atomic E-state index is 0.370. The molecule has 0 unspecified atom stereocenters. The summed E-state index contributed by atoms with van der Waals surface area (Å²) in [4.78, 5) is 11.0. The van der Waals surface area contributed by atoms with Crippen LogP contribution in [0.25, 0.3) is 0 Å². The van der Waals surface area contributed by atoms with Crippen LogP contribution in [-0.2, 0) is 13.0 Å². The minimum atomic E-state index is -0.875. The summed E-state index contributed by atoms with van der Waals surface area (Å²) in [7, 11) is 0. The highest BCUT2D eigenvalue weighted by molar-refractivity contribution is 5.89. The molecule has 0 heterocycles. The summed E-state index contributed by atoms with van der Waals surface area (Å²) in [6, 6.07) is 17.3. The highest BCUT2D eigenvalue weighted by Crippen LogP contribution is 2.08. The predicted molar refractivity (Wildman–Crippen MR) is 75.3 cm³/mol. The van der Waals surface area contributed by atoms with Crippen molar-refractivity contribution >= 4 is 5.97 Å². The van der Waals surface area contributed by atoms with E-state index in [9.17, 15) is 4.79 Å². The van der Waals surface area contributed by atoms with Crippen molar-refractivity contribution in [2.24, 2.45) is 0 Å². The van der Waals surface area contributed by atoms with Gasteiger partial charge in [-0.05, 0) is 30.2 Å². The third-order valence-corrected chi connectivity index (χ3v) is 3.00. The predicted octanol–water partition coefficient (Wildman–Crippen LogP) is 2.72. The molecule has 3 heteroatoms. The Hall–Kier alpha value is -2.13. The molecule has 0 bridgehead atoms. The second kappa shape index (κ2) is 6.71. The molecular formula is C16H17NO2. The Morgan fingerprint density at radius 3 is 2.42 bits per heavy atom. The molecule has 0 amide bonds. The van der Waals surface area contributed by atoms with E-state index in [2.05, 4.69) is 17.4 Å². The first-order chi connectivity index (χ1) is 9.27. The van der Waals surface area contributed by atoms with Crippen molar-refractivity contribution in [3.8, 4) is 0 Å². The van der Waals surface area contributed by atoms with Gasteiger partial charge < -0.3 is 10.4 Å². The van der Waals surface area contributed by atoms with E-state index in [1.165, 1.54) is 5.56 Å². The maximum Gasteiger partial charge on any atom is 0.336 e. The number of hydrogen-bond acceptors (Lipinski definition) is 2. The van der Waals surface area contributed by atoms with Gasteiger partial charge in [0.2, 0.25) is 0 Å². The zero-order valence-corrected chi connectivity index (χ0v) is 10.7. The van der Waals surface area contributed by atoms with Crippen molar-refractivity contribution in [1.82, 2.24) is 5.32 Å². The molecule has 0 aliphatic heterocycles. The van der Waals surface area contributed by atoms with Crippen LogP contribution in [-0.4, -0.2) is 17.6 Å². The Balaban J connectivity index is 1.85. The van der Waals surface area contributed by atoms with Gasteiger partial charge in [0.15, 0.2) is 0 Å². The number of aromatic carboxylic acids is 1. The van der Waals surface area contributed by atoms with Crippen molar-refractivity contribution in [2.45, 2.75) is 13.0 Å². The lowest BCUT2D eigenvalue weighted by Gasteiger charge is -2.07. The Morgan fingerprint density at radius 1 is 1.00 bits per heavy atom. The molecule has 0 fully saturated rings. The molecule has 0 saturated heterocycles. The Morgan fingerprint density at radius 2 is 1.68 bits per heavy atom. The van der Waals surface area contributed by atoms with Crippen molar-refractivity contribution in [1.29, 1.82) is 0 Å². The van der Waals surface area contributed by atoms with Gasteiger partial charge in [-0.2, -0.15) is 0 Å². The molecule has 0 atom stereocenters. The zero-order valence-electron chi connectivity index (χ0n) is 10.7. The third-order valence-electron chi connectivity index (χ3n) is 3.00. The number of nitrogens with one attached hydrogen (secondary N) is 1. The van der Waals surface area contributed by atoms with Crippen LogP contribution in [0.3, 0.4) is 0 Å². The van der Waals surface area contributed by atoms with Crippen LogP contribution in [0.1, 0.15) is 21.5 Å². The molecule has 0 aliphatic carbocycles. The first-order valence-electron chi connectivity index (χ1n) is 6.33. The summed E-state index contributed by atoms with van der Waals surface area (Å²) in [6.07, 6.45) is 0.941. The SMILES string of the molecule is O=C(O)c1ccccc1CNCCc1ccccc1. The van der Waals surface area contributed by atoms with Crippen LogP contribution in [0, 0.1) is 0 Å². The largest absolute Gasteiger partial charge is 0.478 e. The van der Waals surface area contributed by atoms with Gasteiger partial charge in [-0.25, -0.2) is 4.79 Å². The fourth-order valence-electron chi connectivity index (χ4n) is 1.98. The molecule has 0 aliphatic rings. The summed E-state index contributed by atoms with van der Waals surface area (Å²) in [5.74, 6) is -0.875. The summed E-state index contributed by atoms with van der Waals surface area (Å²) in [6.45, 7) is 1.41. The van der Waals surface area contributed by atoms with Crippen LogP contribution >= 0.6 is 0 Å². The van der Waals surface area contributed by atoms with Crippen LogP contribution in [0.5, 0.6) is 0 Å². The highest BCUT2D eigenvalue weighted by atomic mass is 16.4.